The molecule has 0 fully saturated rings. The zero-order valence-electron chi connectivity index (χ0n) is 9.72. The van der Waals surface area contributed by atoms with Crippen LogP contribution in [0.15, 0.2) is 34.8 Å². The van der Waals surface area contributed by atoms with Gasteiger partial charge >= 0.3 is 0 Å². The lowest BCUT2D eigenvalue weighted by Crippen LogP contribution is -2.16. The van der Waals surface area contributed by atoms with E-state index >= 15 is 0 Å². The van der Waals surface area contributed by atoms with Gasteiger partial charge in [-0.3, -0.25) is 4.79 Å². The fourth-order valence-electron chi connectivity index (χ4n) is 1.54. The molecule has 1 amide bonds. The monoisotopic (exact) mass is 325 g/mol. The summed E-state index contributed by atoms with van der Waals surface area (Å²) < 4.78 is 2.47. The van der Waals surface area contributed by atoms with E-state index < -0.39 is 0 Å². The number of nitrogens with one attached hydrogen (secondary N) is 1. The molecule has 18 heavy (non-hydrogen) atoms. The topological polar surface area (TPSA) is 46.9 Å². The first-order valence-corrected chi connectivity index (χ1v) is 6.77. The number of benzene rings is 1. The summed E-state index contributed by atoms with van der Waals surface area (Å²) in [5.74, 6) is 0.583. The zero-order chi connectivity index (χ0) is 13.1. The van der Waals surface area contributed by atoms with Crippen LogP contribution in [0.25, 0.3) is 5.69 Å². The number of rotatable bonds is 3. The SMILES string of the molecule is Cc1nn(-c2ccccc2)c(NC(=O)CS)c1Br. The van der Waals surface area contributed by atoms with Crippen molar-refractivity contribution in [2.75, 3.05) is 11.1 Å². The first kappa shape index (κ1) is 13.2. The molecule has 6 heteroatoms. The molecule has 0 aliphatic rings. The van der Waals surface area contributed by atoms with Crippen molar-refractivity contribution in [3.05, 3.63) is 40.5 Å². The van der Waals surface area contributed by atoms with Gasteiger partial charge in [0.1, 0.15) is 0 Å². The molecule has 2 rings (SSSR count). The summed E-state index contributed by atoms with van der Waals surface area (Å²) in [4.78, 5) is 11.5. The van der Waals surface area contributed by atoms with Crippen LogP contribution < -0.4 is 5.32 Å². The maximum absolute atomic E-state index is 11.5. The molecule has 1 N–H and O–H groups in total. The molecule has 0 saturated carbocycles. The van der Waals surface area contributed by atoms with Gasteiger partial charge in [-0.05, 0) is 35.0 Å². The zero-order valence-corrected chi connectivity index (χ0v) is 12.2. The molecule has 2 aromatic rings. The third kappa shape index (κ3) is 2.59. The number of amides is 1. The summed E-state index contributed by atoms with van der Waals surface area (Å²) in [6.07, 6.45) is 0. The van der Waals surface area contributed by atoms with Crippen molar-refractivity contribution in [3.63, 3.8) is 0 Å². The van der Waals surface area contributed by atoms with Crippen molar-refractivity contribution in [2.45, 2.75) is 6.92 Å². The Morgan fingerprint density at radius 2 is 2.11 bits per heavy atom. The van der Waals surface area contributed by atoms with E-state index in [9.17, 15) is 4.79 Å². The highest BCUT2D eigenvalue weighted by molar-refractivity contribution is 9.10. The van der Waals surface area contributed by atoms with Crippen LogP contribution in [0, 0.1) is 6.92 Å². The first-order chi connectivity index (χ1) is 8.63. The average Bonchev–Trinajstić information content (AvgIpc) is 2.68. The molecule has 0 radical (unpaired) electrons. The Bertz CT molecular complexity index is 568. The smallest absolute Gasteiger partial charge is 0.235 e. The summed E-state index contributed by atoms with van der Waals surface area (Å²) >= 11 is 7.38. The highest BCUT2D eigenvalue weighted by atomic mass is 79.9. The second-order valence-electron chi connectivity index (χ2n) is 3.70. The number of halogens is 1. The van der Waals surface area contributed by atoms with Gasteiger partial charge in [-0.15, -0.1) is 0 Å². The van der Waals surface area contributed by atoms with E-state index in [2.05, 4.69) is 39.0 Å². The summed E-state index contributed by atoms with van der Waals surface area (Å²) in [6, 6.07) is 9.63. The number of carbonyl (C=O) groups is 1. The average molecular weight is 326 g/mol. The van der Waals surface area contributed by atoms with Crippen molar-refractivity contribution in [1.82, 2.24) is 9.78 Å². The van der Waals surface area contributed by atoms with Crippen LogP contribution in [-0.2, 0) is 4.79 Å². The minimum atomic E-state index is -0.170. The molecule has 0 atom stereocenters. The van der Waals surface area contributed by atoms with E-state index in [-0.39, 0.29) is 11.7 Å². The molecule has 0 aliphatic heterocycles. The number of hydrogen-bond acceptors (Lipinski definition) is 3. The van der Waals surface area contributed by atoms with Gasteiger partial charge < -0.3 is 5.32 Å². The van der Waals surface area contributed by atoms with E-state index in [1.165, 1.54) is 0 Å². The van der Waals surface area contributed by atoms with Crippen LogP contribution in [0.4, 0.5) is 5.82 Å². The van der Waals surface area contributed by atoms with E-state index in [1.807, 2.05) is 37.3 Å². The molecule has 4 nitrogen and oxygen atoms in total. The van der Waals surface area contributed by atoms with E-state index in [4.69, 9.17) is 0 Å². The molecule has 0 bridgehead atoms. The van der Waals surface area contributed by atoms with Crippen molar-refractivity contribution in [1.29, 1.82) is 0 Å². The molecular weight excluding hydrogens is 314 g/mol. The third-order valence-corrected chi connectivity index (χ3v) is 3.63. The minimum Gasteiger partial charge on any atom is -0.309 e. The number of thiol groups is 1. The largest absolute Gasteiger partial charge is 0.309 e. The first-order valence-electron chi connectivity index (χ1n) is 5.34. The highest BCUT2D eigenvalue weighted by Crippen LogP contribution is 2.28. The number of carbonyl (C=O) groups excluding carboxylic acids is 1. The standard InChI is InChI=1S/C12H12BrN3OS/c1-8-11(13)12(14-10(17)7-18)16(15-8)9-5-3-2-4-6-9/h2-6,18H,7H2,1H3,(H,14,17). The van der Waals surface area contributed by atoms with Gasteiger partial charge in [0.15, 0.2) is 5.82 Å². The normalized spacial score (nSPS) is 10.4. The molecule has 0 unspecified atom stereocenters. The Labute approximate surface area is 119 Å². The maximum Gasteiger partial charge on any atom is 0.235 e. The van der Waals surface area contributed by atoms with Gasteiger partial charge in [0.05, 0.1) is 21.6 Å². The fraction of sp³-hybridized carbons (Fsp3) is 0.167. The van der Waals surface area contributed by atoms with Crippen molar-refractivity contribution in [3.8, 4) is 5.69 Å². The molecule has 94 valence electrons. The highest BCUT2D eigenvalue weighted by Gasteiger charge is 2.15. The summed E-state index contributed by atoms with van der Waals surface area (Å²) in [6.45, 7) is 1.87. The number of aryl methyl sites for hydroxylation is 1. The summed E-state index contributed by atoms with van der Waals surface area (Å²) in [7, 11) is 0. The van der Waals surface area contributed by atoms with Crippen molar-refractivity contribution in [2.24, 2.45) is 0 Å². The van der Waals surface area contributed by atoms with Crippen LogP contribution in [0.1, 0.15) is 5.69 Å². The van der Waals surface area contributed by atoms with Gasteiger partial charge in [-0.25, -0.2) is 4.68 Å². The maximum atomic E-state index is 11.5. The summed E-state index contributed by atoms with van der Waals surface area (Å²) in [5, 5.41) is 7.18. The van der Waals surface area contributed by atoms with E-state index in [0.29, 0.717) is 5.82 Å². The molecule has 0 saturated heterocycles. The van der Waals surface area contributed by atoms with Gasteiger partial charge in [-0.1, -0.05) is 18.2 Å². The van der Waals surface area contributed by atoms with Crippen molar-refractivity contribution < 1.29 is 4.79 Å². The van der Waals surface area contributed by atoms with Crippen LogP contribution in [0.2, 0.25) is 0 Å². The molecule has 0 aliphatic carbocycles. The number of para-hydroxylation sites is 1. The van der Waals surface area contributed by atoms with Gasteiger partial charge in [0.2, 0.25) is 5.91 Å². The van der Waals surface area contributed by atoms with Gasteiger partial charge in [0.25, 0.3) is 0 Å². The van der Waals surface area contributed by atoms with Crippen LogP contribution in [0.3, 0.4) is 0 Å². The molecular formula is C12H12BrN3OS. The Kier molecular flexibility index (Phi) is 4.08. The van der Waals surface area contributed by atoms with E-state index in [0.717, 1.165) is 15.9 Å². The minimum absolute atomic E-state index is 0.130. The number of nitrogens with zero attached hydrogens (tertiary/aromatic N) is 2. The summed E-state index contributed by atoms with van der Waals surface area (Å²) in [5.41, 5.74) is 1.70. The Balaban J connectivity index is 2.48. The fourth-order valence-corrected chi connectivity index (χ4v) is 1.97. The number of hydrogen-bond donors (Lipinski definition) is 2. The van der Waals surface area contributed by atoms with Gasteiger partial charge in [-0.2, -0.15) is 17.7 Å². The quantitative estimate of drug-likeness (QED) is 0.852. The number of aromatic nitrogens is 2. The van der Waals surface area contributed by atoms with Crippen LogP contribution >= 0.6 is 28.6 Å². The second-order valence-corrected chi connectivity index (χ2v) is 4.81. The Hall–Kier alpha value is -1.27. The van der Waals surface area contributed by atoms with Gasteiger partial charge in [0, 0.05) is 0 Å². The molecule has 1 aromatic heterocycles. The lowest BCUT2D eigenvalue weighted by molar-refractivity contribution is -0.113. The molecule has 1 aromatic carbocycles. The second kappa shape index (κ2) is 5.58. The van der Waals surface area contributed by atoms with E-state index in [1.54, 1.807) is 4.68 Å². The molecule has 1 heterocycles. The van der Waals surface area contributed by atoms with Crippen molar-refractivity contribution >= 4 is 40.3 Å². The van der Waals surface area contributed by atoms with Crippen LogP contribution in [-0.4, -0.2) is 21.4 Å². The lowest BCUT2D eigenvalue weighted by Gasteiger charge is -2.08. The number of anilines is 1. The Morgan fingerprint density at radius 1 is 1.44 bits per heavy atom. The third-order valence-electron chi connectivity index (χ3n) is 2.39. The molecule has 0 spiro atoms. The predicted octanol–water partition coefficient (Wildman–Crippen LogP) is 2.81. The Morgan fingerprint density at radius 3 is 2.72 bits per heavy atom. The predicted molar refractivity (Wildman–Crippen MR) is 78.5 cm³/mol. The lowest BCUT2D eigenvalue weighted by atomic mass is 10.3. The van der Waals surface area contributed by atoms with Crippen LogP contribution in [0.5, 0.6) is 0 Å².